The summed E-state index contributed by atoms with van der Waals surface area (Å²) in [5, 5.41) is 4.20. The molecular weight excluding hydrogens is 186 g/mol. The van der Waals surface area contributed by atoms with E-state index < -0.39 is 0 Å². The first kappa shape index (κ1) is 9.72. The van der Waals surface area contributed by atoms with E-state index in [1.165, 1.54) is 0 Å². The number of hydrogen-bond acceptors (Lipinski definition) is 2. The molecular formula is C12H13N3. The van der Waals surface area contributed by atoms with Gasteiger partial charge in [-0.3, -0.25) is 9.67 Å². The number of aryl methyl sites for hydroxylation is 1. The minimum atomic E-state index is 0.372. The number of aromatic nitrogens is 3. The lowest BCUT2D eigenvalue weighted by Gasteiger charge is -2.10. The monoisotopic (exact) mass is 199 g/mol. The Hall–Kier alpha value is -1.82. The number of pyridine rings is 1. The average Bonchev–Trinajstić information content (AvgIpc) is 2.59. The third-order valence-corrected chi connectivity index (χ3v) is 2.53. The van der Waals surface area contributed by atoms with Crippen molar-refractivity contribution >= 4 is 11.0 Å². The summed E-state index contributed by atoms with van der Waals surface area (Å²) in [5.41, 5.74) is 3.96. The summed E-state index contributed by atoms with van der Waals surface area (Å²) >= 11 is 0. The van der Waals surface area contributed by atoms with Crippen LogP contribution in [0.15, 0.2) is 12.4 Å². The van der Waals surface area contributed by atoms with Gasteiger partial charge >= 0.3 is 0 Å². The maximum atomic E-state index is 5.48. The van der Waals surface area contributed by atoms with Gasteiger partial charge < -0.3 is 0 Å². The topological polar surface area (TPSA) is 30.7 Å². The van der Waals surface area contributed by atoms with E-state index in [-0.39, 0.29) is 0 Å². The third kappa shape index (κ3) is 1.39. The van der Waals surface area contributed by atoms with Crippen LogP contribution in [0, 0.1) is 12.3 Å². The highest BCUT2D eigenvalue weighted by Gasteiger charge is 2.14. The summed E-state index contributed by atoms with van der Waals surface area (Å²) in [5.74, 6) is 3.05. The van der Waals surface area contributed by atoms with Gasteiger partial charge in [-0.15, -0.1) is 6.42 Å². The van der Waals surface area contributed by atoms with Crippen molar-refractivity contribution in [3.63, 3.8) is 0 Å². The SMILES string of the molecule is C#Cc1cnc2cnn(C)c2c1C(C)C. The smallest absolute Gasteiger partial charge is 0.109 e. The van der Waals surface area contributed by atoms with Gasteiger partial charge in [0.25, 0.3) is 0 Å². The maximum Gasteiger partial charge on any atom is 0.109 e. The van der Waals surface area contributed by atoms with Crippen molar-refractivity contribution < 1.29 is 0 Å². The first-order chi connectivity index (χ1) is 7.15. The van der Waals surface area contributed by atoms with E-state index in [1.807, 2.05) is 11.7 Å². The largest absolute Gasteiger partial charge is 0.266 e. The molecule has 3 nitrogen and oxygen atoms in total. The molecule has 15 heavy (non-hydrogen) atoms. The Morgan fingerprint density at radius 1 is 1.40 bits per heavy atom. The Bertz CT molecular complexity index is 544. The van der Waals surface area contributed by atoms with Crippen molar-refractivity contribution in [1.29, 1.82) is 0 Å². The van der Waals surface area contributed by atoms with E-state index >= 15 is 0 Å². The van der Waals surface area contributed by atoms with E-state index in [9.17, 15) is 0 Å². The Labute approximate surface area is 89.1 Å². The van der Waals surface area contributed by atoms with Crippen molar-refractivity contribution in [3.8, 4) is 12.3 Å². The number of fused-ring (bicyclic) bond motifs is 1. The zero-order valence-electron chi connectivity index (χ0n) is 9.15. The van der Waals surface area contributed by atoms with E-state index in [2.05, 4.69) is 29.9 Å². The van der Waals surface area contributed by atoms with Gasteiger partial charge in [-0.25, -0.2) is 0 Å². The second-order valence-electron chi connectivity index (χ2n) is 3.89. The molecule has 2 rings (SSSR count). The molecule has 2 aromatic rings. The molecule has 0 spiro atoms. The fourth-order valence-corrected chi connectivity index (χ4v) is 1.86. The summed E-state index contributed by atoms with van der Waals surface area (Å²) in [6.45, 7) is 4.26. The minimum absolute atomic E-state index is 0.372. The lowest BCUT2D eigenvalue weighted by molar-refractivity contribution is 0.778. The van der Waals surface area contributed by atoms with Gasteiger partial charge in [-0.1, -0.05) is 19.8 Å². The Kier molecular flexibility index (Phi) is 2.20. The van der Waals surface area contributed by atoms with Crippen LogP contribution in [0.2, 0.25) is 0 Å². The summed E-state index contributed by atoms with van der Waals surface area (Å²) in [6, 6.07) is 0. The zero-order valence-corrected chi connectivity index (χ0v) is 9.15. The Morgan fingerprint density at radius 2 is 2.13 bits per heavy atom. The van der Waals surface area contributed by atoms with Crippen LogP contribution in [0.4, 0.5) is 0 Å². The van der Waals surface area contributed by atoms with Crippen LogP contribution in [0.25, 0.3) is 11.0 Å². The predicted octanol–water partition coefficient (Wildman–Crippen LogP) is 2.07. The molecule has 0 aliphatic rings. The highest BCUT2D eigenvalue weighted by Crippen LogP contribution is 2.26. The average molecular weight is 199 g/mol. The number of terminal acetylenes is 1. The molecule has 0 fully saturated rings. The highest BCUT2D eigenvalue weighted by atomic mass is 15.3. The molecule has 0 saturated carbocycles. The Morgan fingerprint density at radius 3 is 2.73 bits per heavy atom. The molecule has 76 valence electrons. The molecule has 0 N–H and O–H groups in total. The van der Waals surface area contributed by atoms with E-state index in [0.717, 1.165) is 22.2 Å². The van der Waals surface area contributed by atoms with Crippen molar-refractivity contribution in [1.82, 2.24) is 14.8 Å². The Balaban J connectivity index is 2.90. The summed E-state index contributed by atoms with van der Waals surface area (Å²) < 4.78 is 1.83. The van der Waals surface area contributed by atoms with Crippen LogP contribution in [0.5, 0.6) is 0 Å². The molecule has 0 amide bonds. The molecule has 2 heterocycles. The minimum Gasteiger partial charge on any atom is -0.266 e. The van der Waals surface area contributed by atoms with Crippen molar-refractivity contribution in [2.75, 3.05) is 0 Å². The first-order valence-corrected chi connectivity index (χ1v) is 4.92. The van der Waals surface area contributed by atoms with Crippen LogP contribution in [-0.2, 0) is 7.05 Å². The van der Waals surface area contributed by atoms with Crippen molar-refractivity contribution in [2.24, 2.45) is 7.05 Å². The van der Waals surface area contributed by atoms with E-state index in [0.29, 0.717) is 5.92 Å². The lowest BCUT2D eigenvalue weighted by Crippen LogP contribution is -2.00. The molecule has 0 radical (unpaired) electrons. The maximum absolute atomic E-state index is 5.48. The summed E-state index contributed by atoms with van der Waals surface area (Å²) in [4.78, 5) is 4.29. The molecule has 0 saturated heterocycles. The molecule has 0 unspecified atom stereocenters. The van der Waals surface area contributed by atoms with Gasteiger partial charge in [-0.2, -0.15) is 5.10 Å². The number of nitrogens with zero attached hydrogens (tertiary/aromatic N) is 3. The first-order valence-electron chi connectivity index (χ1n) is 4.92. The number of hydrogen-bond donors (Lipinski definition) is 0. The summed E-state index contributed by atoms with van der Waals surface area (Å²) in [6.07, 6.45) is 8.99. The normalized spacial score (nSPS) is 10.9. The van der Waals surface area contributed by atoms with Crippen LogP contribution >= 0.6 is 0 Å². The van der Waals surface area contributed by atoms with Crippen LogP contribution in [0.1, 0.15) is 30.9 Å². The molecule has 0 aromatic carbocycles. The molecule has 0 aliphatic carbocycles. The summed E-state index contributed by atoms with van der Waals surface area (Å²) in [7, 11) is 1.91. The number of rotatable bonds is 1. The quantitative estimate of drug-likeness (QED) is 0.658. The fraction of sp³-hybridized carbons (Fsp3) is 0.333. The molecule has 0 aliphatic heterocycles. The van der Waals surface area contributed by atoms with E-state index in [1.54, 1.807) is 12.4 Å². The van der Waals surface area contributed by atoms with Gasteiger partial charge in [-0.05, 0) is 11.5 Å². The second kappa shape index (κ2) is 3.39. The van der Waals surface area contributed by atoms with Gasteiger partial charge in [0.1, 0.15) is 5.52 Å². The third-order valence-electron chi connectivity index (χ3n) is 2.53. The van der Waals surface area contributed by atoms with Crippen molar-refractivity contribution in [3.05, 3.63) is 23.5 Å². The van der Waals surface area contributed by atoms with Crippen LogP contribution in [0.3, 0.4) is 0 Å². The van der Waals surface area contributed by atoms with E-state index in [4.69, 9.17) is 6.42 Å². The molecule has 0 atom stereocenters. The van der Waals surface area contributed by atoms with Crippen LogP contribution in [-0.4, -0.2) is 14.8 Å². The lowest BCUT2D eigenvalue weighted by atomic mass is 9.98. The van der Waals surface area contributed by atoms with Crippen molar-refractivity contribution in [2.45, 2.75) is 19.8 Å². The van der Waals surface area contributed by atoms with Gasteiger partial charge in [0.05, 0.1) is 11.7 Å². The second-order valence-corrected chi connectivity index (χ2v) is 3.89. The fourth-order valence-electron chi connectivity index (χ4n) is 1.86. The van der Waals surface area contributed by atoms with Gasteiger partial charge in [0.2, 0.25) is 0 Å². The van der Waals surface area contributed by atoms with Crippen LogP contribution < -0.4 is 0 Å². The zero-order chi connectivity index (χ0) is 11.0. The van der Waals surface area contributed by atoms with Gasteiger partial charge in [0.15, 0.2) is 0 Å². The van der Waals surface area contributed by atoms with Gasteiger partial charge in [0, 0.05) is 18.8 Å². The molecule has 2 aromatic heterocycles. The highest BCUT2D eigenvalue weighted by molar-refractivity contribution is 5.80. The molecule has 0 bridgehead atoms. The predicted molar refractivity (Wildman–Crippen MR) is 60.5 cm³/mol. The standard InChI is InChI=1S/C12H13N3/c1-5-9-6-13-10-7-14-15(4)12(10)11(9)8(2)3/h1,6-8H,2-4H3. The molecule has 3 heteroatoms.